The number of imidazole rings is 2. The first-order chi connectivity index (χ1) is 16.8. The zero-order chi connectivity index (χ0) is 22.9. The van der Waals surface area contributed by atoms with Gasteiger partial charge in [0, 0.05) is 28.3 Å². The van der Waals surface area contributed by atoms with Crippen LogP contribution in [0.3, 0.4) is 0 Å². The van der Waals surface area contributed by atoms with Gasteiger partial charge in [-0.05, 0) is 69.0 Å². The summed E-state index contributed by atoms with van der Waals surface area (Å²) < 4.78 is 0. The van der Waals surface area contributed by atoms with Crippen molar-refractivity contribution in [2.45, 2.75) is 63.8 Å². The summed E-state index contributed by atoms with van der Waals surface area (Å²) in [6.07, 6.45) is 8.43. The Hall–Kier alpha value is -3.36. The monoisotopic (exact) mass is 449 g/mol. The lowest BCUT2D eigenvalue weighted by molar-refractivity contribution is 0.611. The molecule has 1 aliphatic carbocycles. The number of nitrogens with one attached hydrogen (secondary N) is 3. The molecule has 0 bridgehead atoms. The number of fused-ring (bicyclic) bond motifs is 1. The third kappa shape index (κ3) is 4.15. The van der Waals surface area contributed by atoms with E-state index in [0.29, 0.717) is 12.0 Å². The second-order valence-electron chi connectivity index (χ2n) is 9.61. The van der Waals surface area contributed by atoms with Gasteiger partial charge in [0.15, 0.2) is 0 Å². The molecule has 0 unspecified atom stereocenters. The van der Waals surface area contributed by atoms with Gasteiger partial charge >= 0.3 is 0 Å². The highest BCUT2D eigenvalue weighted by molar-refractivity contribution is 5.77. The lowest BCUT2D eigenvalue weighted by atomic mass is 10.1. The standard InChI is InChI=1S/C29H31N5/c1-2-23-27(34-29(31-23)25-8-5-17-30-25)21-14-11-19(12-15-21)9-10-20-13-16-24-26(18-20)33-28(32-24)22-6-3-4-7-22/h11-16,18,22,25,30H,2-8,17H2,1H3,(H,31,34)(H,32,33)/t25-/m0/s1. The molecular formula is C29H31N5. The maximum absolute atomic E-state index is 4.95. The van der Waals surface area contributed by atoms with Crippen LogP contribution in [0, 0.1) is 11.8 Å². The summed E-state index contributed by atoms with van der Waals surface area (Å²) in [5.74, 6) is 9.45. The Morgan fingerprint density at radius 2 is 1.65 bits per heavy atom. The summed E-state index contributed by atoms with van der Waals surface area (Å²) in [4.78, 5) is 16.9. The highest BCUT2D eigenvalue weighted by Crippen LogP contribution is 2.33. The predicted molar refractivity (Wildman–Crippen MR) is 137 cm³/mol. The van der Waals surface area contributed by atoms with Crippen LogP contribution in [0.1, 0.15) is 85.9 Å². The Labute approximate surface area is 200 Å². The molecule has 1 saturated carbocycles. The van der Waals surface area contributed by atoms with Gasteiger partial charge in [-0.1, -0.05) is 43.7 Å². The molecular weight excluding hydrogens is 418 g/mol. The maximum atomic E-state index is 4.95. The van der Waals surface area contributed by atoms with Crippen LogP contribution in [0.2, 0.25) is 0 Å². The van der Waals surface area contributed by atoms with E-state index in [0.717, 1.165) is 64.5 Å². The van der Waals surface area contributed by atoms with E-state index in [2.05, 4.69) is 76.5 Å². The van der Waals surface area contributed by atoms with Crippen molar-refractivity contribution < 1.29 is 0 Å². The highest BCUT2D eigenvalue weighted by Gasteiger charge is 2.22. The van der Waals surface area contributed by atoms with Gasteiger partial charge in [0.05, 0.1) is 22.8 Å². The zero-order valence-corrected chi connectivity index (χ0v) is 19.7. The maximum Gasteiger partial charge on any atom is 0.124 e. The van der Waals surface area contributed by atoms with Crippen molar-refractivity contribution in [3.05, 3.63) is 70.9 Å². The minimum absolute atomic E-state index is 0.352. The zero-order valence-electron chi connectivity index (χ0n) is 19.7. The average Bonchev–Trinajstić information content (AvgIpc) is 3.68. The number of benzene rings is 2. The van der Waals surface area contributed by atoms with E-state index in [1.165, 1.54) is 37.8 Å². The number of nitrogens with zero attached hydrogens (tertiary/aromatic N) is 2. The average molecular weight is 450 g/mol. The van der Waals surface area contributed by atoms with E-state index in [1.807, 2.05) is 0 Å². The summed E-state index contributed by atoms with van der Waals surface area (Å²) in [5.41, 5.74) is 7.54. The summed E-state index contributed by atoms with van der Waals surface area (Å²) in [5, 5.41) is 3.54. The molecule has 4 aromatic rings. The van der Waals surface area contributed by atoms with Crippen LogP contribution in [0.15, 0.2) is 42.5 Å². The number of aromatic nitrogens is 4. The van der Waals surface area contributed by atoms with Crippen molar-refractivity contribution >= 4 is 11.0 Å². The quantitative estimate of drug-likeness (QED) is 0.335. The van der Waals surface area contributed by atoms with E-state index in [4.69, 9.17) is 9.97 Å². The number of H-pyrrole nitrogens is 2. The first-order valence-electron chi connectivity index (χ1n) is 12.7. The van der Waals surface area contributed by atoms with E-state index < -0.39 is 0 Å². The van der Waals surface area contributed by atoms with E-state index in [-0.39, 0.29) is 0 Å². The lowest BCUT2D eigenvalue weighted by Crippen LogP contribution is -2.14. The fourth-order valence-electron chi connectivity index (χ4n) is 5.36. The van der Waals surface area contributed by atoms with Gasteiger partial charge in [0.2, 0.25) is 0 Å². The van der Waals surface area contributed by atoms with Gasteiger partial charge in [-0.25, -0.2) is 9.97 Å². The van der Waals surface area contributed by atoms with E-state index >= 15 is 0 Å². The summed E-state index contributed by atoms with van der Waals surface area (Å²) >= 11 is 0. The van der Waals surface area contributed by atoms with Crippen LogP contribution < -0.4 is 5.32 Å². The van der Waals surface area contributed by atoms with Crippen molar-refractivity contribution in [1.82, 2.24) is 25.3 Å². The van der Waals surface area contributed by atoms with Gasteiger partial charge in [0.1, 0.15) is 11.6 Å². The number of aryl methyl sites for hydroxylation is 1. The van der Waals surface area contributed by atoms with Crippen LogP contribution in [-0.4, -0.2) is 26.5 Å². The van der Waals surface area contributed by atoms with Crippen molar-refractivity contribution in [3.8, 4) is 23.1 Å². The van der Waals surface area contributed by atoms with Crippen LogP contribution >= 0.6 is 0 Å². The molecule has 2 fully saturated rings. The van der Waals surface area contributed by atoms with Gasteiger partial charge < -0.3 is 15.3 Å². The topological polar surface area (TPSA) is 69.4 Å². The molecule has 3 N–H and O–H groups in total. The molecule has 0 spiro atoms. The molecule has 2 aliphatic rings. The summed E-state index contributed by atoms with van der Waals surface area (Å²) in [7, 11) is 0. The van der Waals surface area contributed by atoms with Crippen LogP contribution in [0.5, 0.6) is 0 Å². The first-order valence-corrected chi connectivity index (χ1v) is 12.7. The molecule has 5 nitrogen and oxygen atoms in total. The second kappa shape index (κ2) is 9.12. The number of hydrogen-bond donors (Lipinski definition) is 3. The smallest absolute Gasteiger partial charge is 0.124 e. The van der Waals surface area contributed by atoms with Crippen LogP contribution in [0.25, 0.3) is 22.3 Å². The SMILES string of the molecule is CCc1[nH]c([C@@H]2CCCN2)nc1-c1ccc(C#Cc2ccc3nc(C4CCCC4)[nH]c3c2)cc1. The van der Waals surface area contributed by atoms with Gasteiger partial charge in [0.25, 0.3) is 0 Å². The Kier molecular flexibility index (Phi) is 5.68. The molecule has 0 radical (unpaired) electrons. The Bertz CT molecular complexity index is 1350. The lowest BCUT2D eigenvalue weighted by Gasteiger charge is -2.05. The van der Waals surface area contributed by atoms with Crippen molar-refractivity contribution in [3.63, 3.8) is 0 Å². The Morgan fingerprint density at radius 1 is 0.853 bits per heavy atom. The van der Waals surface area contributed by atoms with Crippen molar-refractivity contribution in [2.24, 2.45) is 0 Å². The fraction of sp³-hybridized carbons (Fsp3) is 0.379. The van der Waals surface area contributed by atoms with Gasteiger partial charge in [-0.15, -0.1) is 0 Å². The first kappa shape index (κ1) is 21.2. The highest BCUT2D eigenvalue weighted by atomic mass is 15.0. The molecule has 1 saturated heterocycles. The van der Waals surface area contributed by atoms with Crippen LogP contribution in [-0.2, 0) is 6.42 Å². The van der Waals surface area contributed by atoms with E-state index in [9.17, 15) is 0 Å². The normalized spacial score (nSPS) is 18.4. The molecule has 0 amide bonds. The third-order valence-corrected chi connectivity index (χ3v) is 7.29. The van der Waals surface area contributed by atoms with E-state index in [1.54, 1.807) is 0 Å². The molecule has 6 rings (SSSR count). The summed E-state index contributed by atoms with van der Waals surface area (Å²) in [6, 6.07) is 15.1. The Morgan fingerprint density at radius 3 is 2.41 bits per heavy atom. The van der Waals surface area contributed by atoms with Crippen LogP contribution in [0.4, 0.5) is 0 Å². The number of hydrogen-bond acceptors (Lipinski definition) is 3. The molecule has 1 atom stereocenters. The fourth-order valence-corrected chi connectivity index (χ4v) is 5.36. The number of aromatic amines is 2. The van der Waals surface area contributed by atoms with Crippen molar-refractivity contribution in [1.29, 1.82) is 0 Å². The third-order valence-electron chi connectivity index (χ3n) is 7.29. The predicted octanol–water partition coefficient (Wildman–Crippen LogP) is 6.00. The molecule has 1 aliphatic heterocycles. The molecule has 172 valence electrons. The largest absolute Gasteiger partial charge is 0.344 e. The minimum Gasteiger partial charge on any atom is -0.344 e. The Balaban J connectivity index is 1.21. The minimum atomic E-state index is 0.352. The summed E-state index contributed by atoms with van der Waals surface area (Å²) in [6.45, 7) is 3.25. The molecule has 2 aromatic carbocycles. The van der Waals surface area contributed by atoms with Gasteiger partial charge in [-0.3, -0.25) is 0 Å². The molecule has 2 aromatic heterocycles. The second-order valence-corrected chi connectivity index (χ2v) is 9.61. The molecule has 3 heterocycles. The molecule has 34 heavy (non-hydrogen) atoms. The van der Waals surface area contributed by atoms with Crippen molar-refractivity contribution in [2.75, 3.05) is 6.54 Å². The van der Waals surface area contributed by atoms with Gasteiger partial charge in [-0.2, -0.15) is 0 Å². The number of rotatable bonds is 4. The molecule has 5 heteroatoms.